The summed E-state index contributed by atoms with van der Waals surface area (Å²) in [6, 6.07) is 15.1. The SMILES string of the molecule is CCOc1ccccc1NC(=O)CSCc1cccc(Cl)c1. The van der Waals surface area contributed by atoms with Crippen LogP contribution >= 0.6 is 23.4 Å². The van der Waals surface area contributed by atoms with Gasteiger partial charge in [-0.3, -0.25) is 4.79 Å². The van der Waals surface area contributed by atoms with Crippen LogP contribution in [0.1, 0.15) is 12.5 Å². The van der Waals surface area contributed by atoms with Crippen molar-refractivity contribution in [3.8, 4) is 5.75 Å². The molecule has 22 heavy (non-hydrogen) atoms. The molecule has 0 radical (unpaired) electrons. The molecule has 0 saturated heterocycles. The van der Waals surface area contributed by atoms with Crippen molar-refractivity contribution in [3.63, 3.8) is 0 Å². The Morgan fingerprint density at radius 3 is 2.82 bits per heavy atom. The first kappa shape index (κ1) is 16.7. The van der Waals surface area contributed by atoms with Crippen LogP contribution in [-0.2, 0) is 10.5 Å². The highest BCUT2D eigenvalue weighted by Crippen LogP contribution is 2.24. The van der Waals surface area contributed by atoms with Gasteiger partial charge in [-0.15, -0.1) is 11.8 Å². The van der Waals surface area contributed by atoms with E-state index in [1.807, 2.05) is 55.5 Å². The van der Waals surface area contributed by atoms with E-state index in [1.165, 1.54) is 0 Å². The highest BCUT2D eigenvalue weighted by atomic mass is 35.5. The molecular weight excluding hydrogens is 318 g/mol. The van der Waals surface area contributed by atoms with E-state index in [9.17, 15) is 4.79 Å². The fourth-order valence-corrected chi connectivity index (χ4v) is 2.91. The lowest BCUT2D eigenvalue weighted by Gasteiger charge is -2.11. The van der Waals surface area contributed by atoms with Crippen molar-refractivity contribution >= 4 is 35.0 Å². The number of carbonyl (C=O) groups excluding carboxylic acids is 1. The predicted octanol–water partition coefficient (Wildman–Crippen LogP) is 4.61. The van der Waals surface area contributed by atoms with Crippen molar-refractivity contribution in [3.05, 3.63) is 59.1 Å². The molecule has 0 aliphatic rings. The van der Waals surface area contributed by atoms with E-state index < -0.39 is 0 Å². The zero-order valence-corrected chi connectivity index (χ0v) is 13.9. The Labute approximate surface area is 140 Å². The zero-order valence-electron chi connectivity index (χ0n) is 12.3. The van der Waals surface area contributed by atoms with Gasteiger partial charge in [0.2, 0.25) is 5.91 Å². The van der Waals surface area contributed by atoms with Crippen molar-refractivity contribution in [1.29, 1.82) is 0 Å². The van der Waals surface area contributed by atoms with Crippen LogP contribution in [0.4, 0.5) is 5.69 Å². The van der Waals surface area contributed by atoms with Gasteiger partial charge in [-0.25, -0.2) is 0 Å². The molecule has 2 aromatic rings. The van der Waals surface area contributed by atoms with Crippen molar-refractivity contribution in [2.75, 3.05) is 17.7 Å². The molecule has 3 nitrogen and oxygen atoms in total. The Hall–Kier alpha value is -1.65. The van der Waals surface area contributed by atoms with Gasteiger partial charge in [0.15, 0.2) is 0 Å². The molecule has 0 aliphatic heterocycles. The minimum Gasteiger partial charge on any atom is -0.492 e. The van der Waals surface area contributed by atoms with Crippen LogP contribution in [0.3, 0.4) is 0 Å². The van der Waals surface area contributed by atoms with Gasteiger partial charge < -0.3 is 10.1 Å². The van der Waals surface area contributed by atoms with Gasteiger partial charge >= 0.3 is 0 Å². The molecule has 0 aromatic heterocycles. The molecule has 0 aliphatic carbocycles. The summed E-state index contributed by atoms with van der Waals surface area (Å²) in [4.78, 5) is 12.0. The normalized spacial score (nSPS) is 10.3. The molecule has 2 aromatic carbocycles. The fourth-order valence-electron chi connectivity index (χ4n) is 1.93. The van der Waals surface area contributed by atoms with Gasteiger partial charge in [0.25, 0.3) is 0 Å². The smallest absolute Gasteiger partial charge is 0.234 e. The summed E-state index contributed by atoms with van der Waals surface area (Å²) < 4.78 is 5.49. The molecule has 0 saturated carbocycles. The fraction of sp³-hybridized carbons (Fsp3) is 0.235. The predicted molar refractivity (Wildman–Crippen MR) is 93.9 cm³/mol. The molecular formula is C17H18ClNO2S. The van der Waals surface area contributed by atoms with Crippen molar-refractivity contribution in [1.82, 2.24) is 0 Å². The maximum atomic E-state index is 12.0. The van der Waals surface area contributed by atoms with Gasteiger partial charge in [0.1, 0.15) is 5.75 Å². The Morgan fingerprint density at radius 2 is 2.05 bits per heavy atom. The second-order valence-corrected chi connectivity index (χ2v) is 6.02. The molecule has 0 fully saturated rings. The van der Waals surface area contributed by atoms with Crippen molar-refractivity contribution < 1.29 is 9.53 Å². The van der Waals surface area contributed by atoms with Crippen molar-refractivity contribution in [2.45, 2.75) is 12.7 Å². The number of thioether (sulfide) groups is 1. The minimum absolute atomic E-state index is 0.0424. The van der Waals surface area contributed by atoms with E-state index in [-0.39, 0.29) is 5.91 Å². The van der Waals surface area contributed by atoms with Crippen LogP contribution in [0, 0.1) is 0 Å². The average Bonchev–Trinajstić information content (AvgIpc) is 2.49. The molecule has 0 atom stereocenters. The van der Waals surface area contributed by atoms with Crippen molar-refractivity contribution in [2.24, 2.45) is 0 Å². The lowest BCUT2D eigenvalue weighted by Crippen LogP contribution is -2.15. The number of ether oxygens (including phenoxy) is 1. The molecule has 0 heterocycles. The number of para-hydroxylation sites is 2. The minimum atomic E-state index is -0.0424. The standard InChI is InChI=1S/C17H18ClNO2S/c1-2-21-16-9-4-3-8-15(16)19-17(20)12-22-11-13-6-5-7-14(18)10-13/h3-10H,2,11-12H2,1H3,(H,19,20). The maximum Gasteiger partial charge on any atom is 0.234 e. The van der Waals surface area contributed by atoms with Gasteiger partial charge in [-0.2, -0.15) is 0 Å². The quantitative estimate of drug-likeness (QED) is 0.803. The Balaban J connectivity index is 1.83. The summed E-state index contributed by atoms with van der Waals surface area (Å²) in [7, 11) is 0. The van der Waals surface area contributed by atoms with Crippen LogP contribution in [0.25, 0.3) is 0 Å². The maximum absolute atomic E-state index is 12.0. The number of halogens is 1. The Morgan fingerprint density at radius 1 is 1.23 bits per heavy atom. The molecule has 0 unspecified atom stereocenters. The second-order valence-electron chi connectivity index (χ2n) is 4.60. The first-order valence-corrected chi connectivity index (χ1v) is 8.56. The Kier molecular flexibility index (Phi) is 6.62. The van der Waals surface area contributed by atoms with E-state index in [2.05, 4.69) is 5.32 Å². The highest BCUT2D eigenvalue weighted by molar-refractivity contribution is 7.99. The molecule has 5 heteroatoms. The lowest BCUT2D eigenvalue weighted by molar-refractivity contribution is -0.113. The Bertz CT molecular complexity index is 634. The second kappa shape index (κ2) is 8.71. The summed E-state index contributed by atoms with van der Waals surface area (Å²) >= 11 is 7.49. The number of hydrogen-bond donors (Lipinski definition) is 1. The van der Waals surface area contributed by atoms with E-state index in [0.29, 0.717) is 28.8 Å². The monoisotopic (exact) mass is 335 g/mol. The van der Waals surface area contributed by atoms with E-state index >= 15 is 0 Å². The topological polar surface area (TPSA) is 38.3 Å². The molecule has 1 N–H and O–H groups in total. The molecule has 0 spiro atoms. The van der Waals surface area contributed by atoms with Crippen LogP contribution in [0.5, 0.6) is 5.75 Å². The van der Waals surface area contributed by atoms with E-state index in [0.717, 1.165) is 11.3 Å². The van der Waals surface area contributed by atoms with Crippen LogP contribution in [0.2, 0.25) is 5.02 Å². The highest BCUT2D eigenvalue weighted by Gasteiger charge is 2.07. The van der Waals surface area contributed by atoms with E-state index in [4.69, 9.17) is 16.3 Å². The summed E-state index contributed by atoms with van der Waals surface area (Å²) in [5.74, 6) is 1.78. The largest absolute Gasteiger partial charge is 0.492 e. The van der Waals surface area contributed by atoms with Crippen LogP contribution < -0.4 is 10.1 Å². The number of benzene rings is 2. The third kappa shape index (κ3) is 5.28. The summed E-state index contributed by atoms with van der Waals surface area (Å²) in [6.07, 6.45) is 0. The molecule has 0 bridgehead atoms. The molecule has 2 rings (SSSR count). The van der Waals surface area contributed by atoms with Gasteiger partial charge in [-0.1, -0.05) is 35.9 Å². The van der Waals surface area contributed by atoms with Gasteiger partial charge in [-0.05, 0) is 36.8 Å². The lowest BCUT2D eigenvalue weighted by atomic mass is 10.2. The summed E-state index contributed by atoms with van der Waals surface area (Å²) in [5, 5.41) is 3.60. The zero-order chi connectivity index (χ0) is 15.8. The number of hydrogen-bond acceptors (Lipinski definition) is 3. The van der Waals surface area contributed by atoms with Crippen LogP contribution in [0.15, 0.2) is 48.5 Å². The van der Waals surface area contributed by atoms with Crippen LogP contribution in [-0.4, -0.2) is 18.3 Å². The first-order chi connectivity index (χ1) is 10.7. The van der Waals surface area contributed by atoms with E-state index in [1.54, 1.807) is 11.8 Å². The third-order valence-electron chi connectivity index (χ3n) is 2.85. The average molecular weight is 336 g/mol. The number of nitrogens with one attached hydrogen (secondary N) is 1. The third-order valence-corrected chi connectivity index (χ3v) is 4.09. The molecule has 1 amide bonds. The number of rotatable bonds is 7. The first-order valence-electron chi connectivity index (χ1n) is 7.03. The summed E-state index contributed by atoms with van der Waals surface area (Å²) in [5.41, 5.74) is 1.82. The van der Waals surface area contributed by atoms with Gasteiger partial charge in [0, 0.05) is 10.8 Å². The number of amides is 1. The van der Waals surface area contributed by atoms with Gasteiger partial charge in [0.05, 0.1) is 18.0 Å². The number of anilines is 1. The summed E-state index contributed by atoms with van der Waals surface area (Å²) in [6.45, 7) is 2.48. The molecule has 116 valence electrons. The number of carbonyl (C=O) groups is 1.